The van der Waals surface area contributed by atoms with E-state index in [1.165, 1.54) is 6.33 Å². The largest absolute Gasteiger partial charge is 0.381 e. The molecule has 8 heteroatoms. The fourth-order valence-electron chi connectivity index (χ4n) is 2.90. The molecule has 0 atom stereocenters. The highest BCUT2D eigenvalue weighted by atomic mass is 16.5. The molecule has 25 heavy (non-hydrogen) atoms. The van der Waals surface area contributed by atoms with Crippen molar-refractivity contribution in [3.63, 3.8) is 0 Å². The second-order valence-corrected chi connectivity index (χ2v) is 6.20. The molecule has 1 aliphatic rings. The van der Waals surface area contributed by atoms with Crippen molar-refractivity contribution in [2.45, 2.75) is 26.7 Å². The van der Waals surface area contributed by atoms with Gasteiger partial charge in [-0.1, -0.05) is 0 Å². The monoisotopic (exact) mass is 344 g/mol. The summed E-state index contributed by atoms with van der Waals surface area (Å²) in [7, 11) is 0. The Morgan fingerprint density at radius 2 is 2.04 bits per heavy atom. The van der Waals surface area contributed by atoms with Gasteiger partial charge in [-0.25, -0.2) is 14.6 Å². The van der Waals surface area contributed by atoms with Gasteiger partial charge < -0.3 is 15.4 Å². The summed E-state index contributed by atoms with van der Waals surface area (Å²) in [6.45, 7) is 6.43. The quantitative estimate of drug-likeness (QED) is 0.766. The number of hydrogen-bond acceptors (Lipinski definition) is 6. The molecule has 0 bridgehead atoms. The van der Waals surface area contributed by atoms with Crippen molar-refractivity contribution >= 4 is 11.7 Å². The molecule has 2 aromatic rings. The third-order valence-corrected chi connectivity index (χ3v) is 4.20. The molecule has 1 saturated heterocycles. The highest BCUT2D eigenvalue weighted by molar-refractivity contribution is 5.78. The van der Waals surface area contributed by atoms with Crippen molar-refractivity contribution in [2.24, 2.45) is 5.92 Å². The molecule has 0 aromatic carbocycles. The van der Waals surface area contributed by atoms with E-state index in [1.54, 1.807) is 4.68 Å². The molecular weight excluding hydrogens is 320 g/mol. The molecule has 134 valence electrons. The number of anilines is 1. The number of hydrogen-bond donors (Lipinski definition) is 2. The first-order valence-corrected chi connectivity index (χ1v) is 8.58. The van der Waals surface area contributed by atoms with Crippen LogP contribution in [0.4, 0.5) is 5.82 Å². The van der Waals surface area contributed by atoms with Crippen LogP contribution in [0.3, 0.4) is 0 Å². The number of aryl methyl sites for hydroxylation is 2. The van der Waals surface area contributed by atoms with Crippen LogP contribution in [-0.4, -0.2) is 52.0 Å². The first-order chi connectivity index (χ1) is 12.1. The minimum Gasteiger partial charge on any atom is -0.381 e. The molecule has 2 aromatic heterocycles. The molecule has 3 rings (SSSR count). The summed E-state index contributed by atoms with van der Waals surface area (Å²) in [5.41, 5.74) is 1.97. The predicted molar refractivity (Wildman–Crippen MR) is 93.7 cm³/mol. The van der Waals surface area contributed by atoms with Gasteiger partial charge in [0.05, 0.1) is 5.69 Å². The van der Waals surface area contributed by atoms with Crippen LogP contribution < -0.4 is 10.6 Å². The van der Waals surface area contributed by atoms with Gasteiger partial charge in [-0.05, 0) is 32.8 Å². The van der Waals surface area contributed by atoms with Crippen LogP contribution in [0.2, 0.25) is 0 Å². The maximum atomic E-state index is 12.1. The number of aromatic nitrogens is 4. The van der Waals surface area contributed by atoms with E-state index in [9.17, 15) is 4.79 Å². The predicted octanol–water partition coefficient (Wildman–Crippen LogP) is 1.23. The maximum absolute atomic E-state index is 12.1. The van der Waals surface area contributed by atoms with E-state index in [4.69, 9.17) is 4.74 Å². The van der Waals surface area contributed by atoms with Gasteiger partial charge in [-0.15, -0.1) is 0 Å². The lowest BCUT2D eigenvalue weighted by Gasteiger charge is -2.21. The Bertz CT molecular complexity index is 724. The summed E-state index contributed by atoms with van der Waals surface area (Å²) in [5.74, 6) is 1.61. The molecule has 0 spiro atoms. The van der Waals surface area contributed by atoms with Crippen LogP contribution in [0.15, 0.2) is 18.5 Å². The van der Waals surface area contributed by atoms with E-state index < -0.39 is 0 Å². The lowest BCUT2D eigenvalue weighted by Crippen LogP contribution is -2.36. The first-order valence-electron chi connectivity index (χ1n) is 8.58. The zero-order chi connectivity index (χ0) is 17.6. The van der Waals surface area contributed by atoms with E-state index in [-0.39, 0.29) is 11.8 Å². The van der Waals surface area contributed by atoms with Crippen LogP contribution in [0.25, 0.3) is 5.82 Å². The van der Waals surface area contributed by atoms with Gasteiger partial charge in [0.15, 0.2) is 5.82 Å². The van der Waals surface area contributed by atoms with Gasteiger partial charge in [-0.2, -0.15) is 5.10 Å². The van der Waals surface area contributed by atoms with E-state index in [0.29, 0.717) is 37.9 Å². The van der Waals surface area contributed by atoms with Gasteiger partial charge >= 0.3 is 0 Å². The summed E-state index contributed by atoms with van der Waals surface area (Å²) in [5, 5.41) is 10.6. The molecule has 1 fully saturated rings. The number of nitrogens with one attached hydrogen (secondary N) is 2. The minimum absolute atomic E-state index is 0.0745. The SMILES string of the molecule is Cc1cc(C)n(-c2cc(NCCNC(=O)C3CCOCC3)ncn2)n1. The third-order valence-electron chi connectivity index (χ3n) is 4.20. The van der Waals surface area contributed by atoms with E-state index in [2.05, 4.69) is 25.7 Å². The standard InChI is InChI=1S/C17H24N6O2/c1-12-9-13(2)23(22-12)16-10-15(20-11-21-16)18-5-6-19-17(24)14-3-7-25-8-4-14/h9-11,14H,3-8H2,1-2H3,(H,19,24)(H,18,20,21). The molecule has 0 radical (unpaired) electrons. The molecule has 3 heterocycles. The molecule has 1 amide bonds. The maximum Gasteiger partial charge on any atom is 0.223 e. The lowest BCUT2D eigenvalue weighted by atomic mass is 9.99. The van der Waals surface area contributed by atoms with Crippen molar-refractivity contribution in [3.8, 4) is 5.82 Å². The number of nitrogens with zero attached hydrogens (tertiary/aromatic N) is 4. The lowest BCUT2D eigenvalue weighted by molar-refractivity contribution is -0.127. The summed E-state index contributed by atoms with van der Waals surface area (Å²) in [6.07, 6.45) is 3.11. The Morgan fingerprint density at radius 1 is 1.24 bits per heavy atom. The number of carbonyl (C=O) groups is 1. The Kier molecular flexibility index (Phi) is 5.60. The highest BCUT2D eigenvalue weighted by Gasteiger charge is 2.20. The van der Waals surface area contributed by atoms with E-state index in [1.807, 2.05) is 26.0 Å². The summed E-state index contributed by atoms with van der Waals surface area (Å²) in [6, 6.07) is 3.85. The van der Waals surface area contributed by atoms with Gasteiger partial charge in [0.2, 0.25) is 5.91 Å². The van der Waals surface area contributed by atoms with Crippen LogP contribution in [0.1, 0.15) is 24.2 Å². The minimum atomic E-state index is 0.0745. The number of amides is 1. The summed E-state index contributed by atoms with van der Waals surface area (Å²) in [4.78, 5) is 20.5. The van der Waals surface area contributed by atoms with Crippen LogP contribution in [-0.2, 0) is 9.53 Å². The first kappa shape index (κ1) is 17.3. The normalized spacial score (nSPS) is 15.1. The highest BCUT2D eigenvalue weighted by Crippen LogP contribution is 2.14. The van der Waals surface area contributed by atoms with E-state index >= 15 is 0 Å². The molecule has 0 saturated carbocycles. The molecular formula is C17H24N6O2. The molecule has 8 nitrogen and oxygen atoms in total. The zero-order valence-corrected chi connectivity index (χ0v) is 14.7. The Morgan fingerprint density at radius 3 is 2.76 bits per heavy atom. The fraction of sp³-hybridized carbons (Fsp3) is 0.529. The van der Waals surface area contributed by atoms with Crippen molar-refractivity contribution in [3.05, 3.63) is 29.8 Å². The van der Waals surface area contributed by atoms with Crippen molar-refractivity contribution in [2.75, 3.05) is 31.6 Å². The van der Waals surface area contributed by atoms with Crippen LogP contribution >= 0.6 is 0 Å². The molecule has 0 unspecified atom stereocenters. The van der Waals surface area contributed by atoms with Crippen molar-refractivity contribution in [1.29, 1.82) is 0 Å². The average molecular weight is 344 g/mol. The fourth-order valence-corrected chi connectivity index (χ4v) is 2.90. The second-order valence-electron chi connectivity index (χ2n) is 6.20. The average Bonchev–Trinajstić information content (AvgIpc) is 2.98. The van der Waals surface area contributed by atoms with Crippen molar-refractivity contribution < 1.29 is 9.53 Å². The van der Waals surface area contributed by atoms with Crippen LogP contribution in [0, 0.1) is 19.8 Å². The number of rotatable bonds is 6. The van der Waals surface area contributed by atoms with Crippen LogP contribution in [0.5, 0.6) is 0 Å². The molecule has 0 aliphatic carbocycles. The third kappa shape index (κ3) is 4.54. The molecule has 2 N–H and O–H groups in total. The van der Waals surface area contributed by atoms with Crippen molar-refractivity contribution in [1.82, 2.24) is 25.1 Å². The Hall–Kier alpha value is -2.48. The Balaban J connectivity index is 1.49. The van der Waals surface area contributed by atoms with Gasteiger partial charge in [0.25, 0.3) is 0 Å². The second kappa shape index (κ2) is 8.06. The number of ether oxygens (including phenoxy) is 1. The van der Waals surface area contributed by atoms with Gasteiger partial charge in [0.1, 0.15) is 12.1 Å². The summed E-state index contributed by atoms with van der Waals surface area (Å²) < 4.78 is 7.06. The smallest absolute Gasteiger partial charge is 0.223 e. The van der Waals surface area contributed by atoms with E-state index in [0.717, 1.165) is 24.2 Å². The molecule has 1 aliphatic heterocycles. The van der Waals surface area contributed by atoms with Gasteiger partial charge in [0, 0.05) is 44.0 Å². The zero-order valence-electron chi connectivity index (χ0n) is 14.7. The topological polar surface area (TPSA) is 94.0 Å². The van der Waals surface area contributed by atoms with Gasteiger partial charge in [-0.3, -0.25) is 4.79 Å². The number of carbonyl (C=O) groups excluding carboxylic acids is 1. The Labute approximate surface area is 147 Å². The summed E-state index contributed by atoms with van der Waals surface area (Å²) >= 11 is 0.